The second-order valence-electron chi connectivity index (χ2n) is 2.70. The molecule has 0 radical (unpaired) electrons. The van der Waals surface area contributed by atoms with Crippen LogP contribution in [0, 0.1) is 0 Å². The summed E-state index contributed by atoms with van der Waals surface area (Å²) >= 11 is 11.2. The zero-order valence-corrected chi connectivity index (χ0v) is 8.40. The Morgan fingerprint density at radius 2 is 1.87 bits per heavy atom. The standard InChI is InChI=1S/C7H2Cl2F3N3/c8-4-2-5(9)15-6(13-4)1-3(14-15)7(10,11)12/h1-2H. The van der Waals surface area contributed by atoms with Gasteiger partial charge in [0.2, 0.25) is 0 Å². The molecule has 80 valence electrons. The van der Waals surface area contributed by atoms with Crippen LogP contribution in [0.25, 0.3) is 5.65 Å². The summed E-state index contributed by atoms with van der Waals surface area (Å²) in [4.78, 5) is 3.65. The first-order chi connectivity index (χ1) is 6.88. The number of nitrogens with zero attached hydrogens (tertiary/aromatic N) is 3. The molecule has 0 atom stereocenters. The van der Waals surface area contributed by atoms with Crippen molar-refractivity contribution in [1.82, 2.24) is 14.6 Å². The van der Waals surface area contributed by atoms with Crippen molar-refractivity contribution in [2.45, 2.75) is 6.18 Å². The van der Waals surface area contributed by atoms with Crippen molar-refractivity contribution < 1.29 is 13.2 Å². The van der Waals surface area contributed by atoms with Crippen molar-refractivity contribution in [3.63, 3.8) is 0 Å². The summed E-state index contributed by atoms with van der Waals surface area (Å²) in [6.45, 7) is 0. The van der Waals surface area contributed by atoms with E-state index in [1.807, 2.05) is 0 Å². The molecular weight excluding hydrogens is 254 g/mol. The Bertz CT molecular complexity index is 520. The quantitative estimate of drug-likeness (QED) is 0.678. The van der Waals surface area contributed by atoms with Crippen molar-refractivity contribution in [3.05, 3.63) is 28.1 Å². The van der Waals surface area contributed by atoms with Gasteiger partial charge in [-0.15, -0.1) is 0 Å². The number of rotatable bonds is 0. The van der Waals surface area contributed by atoms with Crippen LogP contribution in [0.3, 0.4) is 0 Å². The van der Waals surface area contributed by atoms with Crippen molar-refractivity contribution in [2.75, 3.05) is 0 Å². The van der Waals surface area contributed by atoms with Gasteiger partial charge in [-0.05, 0) is 0 Å². The Balaban J connectivity index is 2.71. The molecule has 0 saturated carbocycles. The SMILES string of the molecule is FC(F)(F)c1cc2nc(Cl)cc(Cl)n2n1. The molecular formula is C7H2Cl2F3N3. The smallest absolute Gasteiger partial charge is 0.217 e. The molecule has 0 unspecified atom stereocenters. The Labute approximate surface area is 91.4 Å². The molecule has 0 amide bonds. The summed E-state index contributed by atoms with van der Waals surface area (Å²) in [7, 11) is 0. The lowest BCUT2D eigenvalue weighted by Crippen LogP contribution is -2.05. The third kappa shape index (κ3) is 1.87. The fraction of sp³-hybridized carbons (Fsp3) is 0.143. The first kappa shape index (κ1) is 10.5. The topological polar surface area (TPSA) is 30.2 Å². The van der Waals surface area contributed by atoms with Gasteiger partial charge in [-0.3, -0.25) is 0 Å². The van der Waals surface area contributed by atoms with Crippen molar-refractivity contribution in [1.29, 1.82) is 0 Å². The Kier molecular flexibility index (Phi) is 2.27. The maximum atomic E-state index is 12.3. The van der Waals surface area contributed by atoms with Gasteiger partial charge in [0.05, 0.1) is 0 Å². The van der Waals surface area contributed by atoms with Crippen molar-refractivity contribution >= 4 is 28.8 Å². The lowest BCUT2D eigenvalue weighted by Gasteiger charge is -1.99. The van der Waals surface area contributed by atoms with Crippen molar-refractivity contribution in [3.8, 4) is 0 Å². The predicted octanol–water partition coefficient (Wildman–Crippen LogP) is 3.05. The van der Waals surface area contributed by atoms with E-state index in [0.29, 0.717) is 0 Å². The fourth-order valence-corrected chi connectivity index (χ4v) is 1.52. The highest BCUT2D eigenvalue weighted by atomic mass is 35.5. The molecule has 2 heterocycles. The fourth-order valence-electron chi connectivity index (χ4n) is 1.05. The van der Waals surface area contributed by atoms with E-state index >= 15 is 0 Å². The number of aromatic nitrogens is 3. The minimum Gasteiger partial charge on any atom is -0.217 e. The monoisotopic (exact) mass is 255 g/mol. The molecule has 0 aliphatic heterocycles. The van der Waals surface area contributed by atoms with Crippen molar-refractivity contribution in [2.24, 2.45) is 0 Å². The first-order valence-electron chi connectivity index (χ1n) is 3.67. The van der Waals surface area contributed by atoms with E-state index in [1.54, 1.807) is 0 Å². The van der Waals surface area contributed by atoms with Crippen LogP contribution < -0.4 is 0 Å². The average molecular weight is 256 g/mol. The third-order valence-corrected chi connectivity index (χ3v) is 2.11. The van der Waals surface area contributed by atoms with Crippen LogP contribution in [0.2, 0.25) is 10.3 Å². The second-order valence-corrected chi connectivity index (χ2v) is 3.47. The lowest BCUT2D eigenvalue weighted by molar-refractivity contribution is -0.141. The van der Waals surface area contributed by atoms with E-state index in [1.165, 1.54) is 6.07 Å². The van der Waals surface area contributed by atoms with Crippen LogP contribution in [-0.4, -0.2) is 14.6 Å². The van der Waals surface area contributed by atoms with Gasteiger partial charge in [-0.1, -0.05) is 23.2 Å². The minimum atomic E-state index is -4.52. The normalized spacial score (nSPS) is 12.3. The Morgan fingerprint density at radius 3 is 2.47 bits per heavy atom. The molecule has 8 heteroatoms. The third-order valence-electron chi connectivity index (χ3n) is 1.64. The molecule has 0 fully saturated rings. The molecule has 15 heavy (non-hydrogen) atoms. The van der Waals surface area contributed by atoms with E-state index in [-0.39, 0.29) is 16.0 Å². The van der Waals surface area contributed by atoms with E-state index in [4.69, 9.17) is 23.2 Å². The van der Waals surface area contributed by atoms with Gasteiger partial charge in [-0.2, -0.15) is 18.3 Å². The highest BCUT2D eigenvalue weighted by molar-refractivity contribution is 6.33. The van der Waals surface area contributed by atoms with Crippen LogP contribution in [0.4, 0.5) is 13.2 Å². The molecule has 2 aromatic rings. The maximum Gasteiger partial charge on any atom is 0.435 e. The van der Waals surface area contributed by atoms with Gasteiger partial charge < -0.3 is 0 Å². The summed E-state index contributed by atoms with van der Waals surface area (Å²) < 4.78 is 37.7. The summed E-state index contributed by atoms with van der Waals surface area (Å²) in [6.07, 6.45) is -4.52. The van der Waals surface area contributed by atoms with Crippen LogP contribution in [-0.2, 0) is 6.18 Å². The highest BCUT2D eigenvalue weighted by Crippen LogP contribution is 2.29. The van der Waals surface area contributed by atoms with E-state index in [2.05, 4.69) is 10.1 Å². The number of alkyl halides is 3. The molecule has 0 saturated heterocycles. The van der Waals surface area contributed by atoms with Gasteiger partial charge >= 0.3 is 6.18 Å². The summed E-state index contributed by atoms with van der Waals surface area (Å²) in [6, 6.07) is 1.99. The highest BCUT2D eigenvalue weighted by Gasteiger charge is 2.34. The molecule has 3 nitrogen and oxygen atoms in total. The molecule has 0 aliphatic carbocycles. The molecule has 2 aromatic heterocycles. The zero-order chi connectivity index (χ0) is 11.2. The van der Waals surface area contributed by atoms with Crippen LogP contribution >= 0.6 is 23.2 Å². The predicted molar refractivity (Wildman–Crippen MR) is 48.0 cm³/mol. The molecule has 0 bridgehead atoms. The lowest BCUT2D eigenvalue weighted by atomic mass is 10.4. The number of hydrogen-bond acceptors (Lipinski definition) is 2. The number of fused-ring (bicyclic) bond motifs is 1. The van der Waals surface area contributed by atoms with E-state index < -0.39 is 11.9 Å². The summed E-state index contributed by atoms with van der Waals surface area (Å²) in [5.41, 5.74) is -1.10. The molecule has 2 rings (SSSR count). The van der Waals surface area contributed by atoms with Crippen LogP contribution in [0.15, 0.2) is 12.1 Å². The van der Waals surface area contributed by atoms with Gasteiger partial charge in [0.15, 0.2) is 11.3 Å². The Morgan fingerprint density at radius 1 is 1.20 bits per heavy atom. The molecule has 0 aromatic carbocycles. The van der Waals surface area contributed by atoms with E-state index in [9.17, 15) is 13.2 Å². The number of hydrogen-bond donors (Lipinski definition) is 0. The Hall–Kier alpha value is -1.01. The first-order valence-corrected chi connectivity index (χ1v) is 4.42. The molecule has 0 spiro atoms. The second kappa shape index (κ2) is 3.24. The van der Waals surface area contributed by atoms with Gasteiger partial charge in [0.25, 0.3) is 0 Å². The minimum absolute atomic E-state index is 0.0149. The van der Waals surface area contributed by atoms with Gasteiger partial charge in [0.1, 0.15) is 10.3 Å². The summed E-state index contributed by atoms with van der Waals surface area (Å²) in [5.74, 6) is 0. The van der Waals surface area contributed by atoms with Crippen LogP contribution in [0.5, 0.6) is 0 Å². The average Bonchev–Trinajstić information content (AvgIpc) is 2.46. The maximum absolute atomic E-state index is 12.3. The summed E-state index contributed by atoms with van der Waals surface area (Å²) in [5, 5.41) is 3.25. The zero-order valence-electron chi connectivity index (χ0n) is 6.89. The van der Waals surface area contributed by atoms with Gasteiger partial charge in [-0.25, -0.2) is 9.50 Å². The van der Waals surface area contributed by atoms with E-state index in [0.717, 1.165) is 10.6 Å². The van der Waals surface area contributed by atoms with Gasteiger partial charge in [0, 0.05) is 12.1 Å². The number of halogens is 5. The molecule has 0 N–H and O–H groups in total. The van der Waals surface area contributed by atoms with Crippen LogP contribution in [0.1, 0.15) is 5.69 Å². The molecule has 0 aliphatic rings. The largest absolute Gasteiger partial charge is 0.435 e.